The van der Waals surface area contributed by atoms with Crippen LogP contribution in [0.2, 0.25) is 5.02 Å². The Morgan fingerprint density at radius 3 is 2.88 bits per heavy atom. The van der Waals surface area contributed by atoms with Crippen LogP contribution in [0, 0.1) is 5.82 Å². The smallest absolute Gasteiger partial charge is 0.191 e. The van der Waals surface area contributed by atoms with Crippen molar-refractivity contribution in [1.82, 2.24) is 20.4 Å². The van der Waals surface area contributed by atoms with Gasteiger partial charge in [0.05, 0.1) is 12.2 Å². The number of aromatic nitrogens is 2. The molecule has 0 bridgehead atoms. The van der Waals surface area contributed by atoms with E-state index in [1.807, 2.05) is 13.1 Å². The number of nitrogens with zero attached hydrogens (tertiary/aromatic N) is 3. The normalized spacial score (nSPS) is 19.6. The summed E-state index contributed by atoms with van der Waals surface area (Å²) < 4.78 is 15.7. The summed E-state index contributed by atoms with van der Waals surface area (Å²) in [5.74, 6) is 0.523. The largest absolute Gasteiger partial charge is 0.353 e. The zero-order chi connectivity index (χ0) is 16.4. The van der Waals surface area contributed by atoms with Gasteiger partial charge in [-0.05, 0) is 24.6 Å². The van der Waals surface area contributed by atoms with Crippen molar-refractivity contribution in [2.75, 3.05) is 7.05 Å². The molecule has 24 heavy (non-hydrogen) atoms. The number of guanidine groups is 1. The summed E-state index contributed by atoms with van der Waals surface area (Å²) in [6.45, 7) is 0.619. The quantitative estimate of drug-likeness (QED) is 0.416. The molecule has 2 aromatic rings. The molecule has 1 heterocycles. The van der Waals surface area contributed by atoms with Crippen LogP contribution in [0.25, 0.3) is 0 Å². The number of aryl methyl sites for hydroxylation is 1. The van der Waals surface area contributed by atoms with E-state index in [0.717, 1.165) is 12.1 Å². The van der Waals surface area contributed by atoms with Crippen molar-refractivity contribution in [1.29, 1.82) is 0 Å². The van der Waals surface area contributed by atoms with Crippen LogP contribution in [-0.2, 0) is 13.6 Å². The van der Waals surface area contributed by atoms with Crippen LogP contribution in [0.3, 0.4) is 0 Å². The molecule has 0 saturated heterocycles. The van der Waals surface area contributed by atoms with Crippen LogP contribution in [0.4, 0.5) is 4.39 Å². The molecular formula is C16H20ClFIN5. The summed E-state index contributed by atoms with van der Waals surface area (Å²) in [7, 11) is 3.61. The third kappa shape index (κ3) is 4.18. The van der Waals surface area contributed by atoms with E-state index in [2.05, 4.69) is 20.7 Å². The highest BCUT2D eigenvalue weighted by molar-refractivity contribution is 14.0. The predicted molar refractivity (Wildman–Crippen MR) is 105 cm³/mol. The van der Waals surface area contributed by atoms with Crippen LogP contribution in [0.1, 0.15) is 23.6 Å². The first-order valence-electron chi connectivity index (χ1n) is 7.48. The number of benzene rings is 1. The van der Waals surface area contributed by atoms with E-state index >= 15 is 0 Å². The molecule has 0 spiro atoms. The fourth-order valence-corrected chi connectivity index (χ4v) is 2.96. The zero-order valence-electron chi connectivity index (χ0n) is 13.5. The van der Waals surface area contributed by atoms with Crippen molar-refractivity contribution in [3.05, 3.63) is 52.6 Å². The van der Waals surface area contributed by atoms with Crippen LogP contribution in [0.15, 0.2) is 35.5 Å². The average Bonchev–Trinajstić information content (AvgIpc) is 3.15. The first-order chi connectivity index (χ1) is 11.1. The molecule has 5 nitrogen and oxygen atoms in total. The molecule has 1 aliphatic rings. The molecular weight excluding hydrogens is 444 g/mol. The average molecular weight is 464 g/mol. The van der Waals surface area contributed by atoms with Gasteiger partial charge in [-0.1, -0.05) is 17.7 Å². The van der Waals surface area contributed by atoms with E-state index in [9.17, 15) is 4.39 Å². The van der Waals surface area contributed by atoms with Crippen molar-refractivity contribution in [2.24, 2.45) is 12.0 Å². The molecule has 1 aromatic carbocycles. The first kappa shape index (κ1) is 19.0. The van der Waals surface area contributed by atoms with Crippen LogP contribution >= 0.6 is 35.6 Å². The van der Waals surface area contributed by atoms with E-state index < -0.39 is 0 Å². The van der Waals surface area contributed by atoms with E-state index in [1.165, 1.54) is 6.07 Å². The Morgan fingerprint density at radius 1 is 1.46 bits per heavy atom. The second-order valence-electron chi connectivity index (χ2n) is 5.60. The van der Waals surface area contributed by atoms with Gasteiger partial charge in [0, 0.05) is 42.8 Å². The summed E-state index contributed by atoms with van der Waals surface area (Å²) in [5, 5.41) is 11.2. The molecule has 0 amide bonds. The van der Waals surface area contributed by atoms with Gasteiger partial charge in [0.2, 0.25) is 0 Å². The second-order valence-corrected chi connectivity index (χ2v) is 6.01. The fourth-order valence-electron chi connectivity index (χ4n) is 2.66. The minimum absolute atomic E-state index is 0. The number of nitrogens with one attached hydrogen (secondary N) is 2. The maximum absolute atomic E-state index is 13.9. The Morgan fingerprint density at radius 2 is 2.25 bits per heavy atom. The molecule has 130 valence electrons. The number of hydrogen-bond acceptors (Lipinski definition) is 2. The molecule has 0 aliphatic heterocycles. The molecule has 1 aromatic heterocycles. The monoisotopic (exact) mass is 463 g/mol. The van der Waals surface area contributed by atoms with Gasteiger partial charge in [0.15, 0.2) is 5.96 Å². The molecule has 2 unspecified atom stereocenters. The lowest BCUT2D eigenvalue weighted by molar-refractivity contribution is 0.607. The van der Waals surface area contributed by atoms with E-state index in [-0.39, 0.29) is 41.8 Å². The summed E-state index contributed by atoms with van der Waals surface area (Å²) in [4.78, 5) is 4.21. The van der Waals surface area contributed by atoms with Gasteiger partial charge >= 0.3 is 0 Å². The minimum Gasteiger partial charge on any atom is -0.353 e. The highest BCUT2D eigenvalue weighted by Gasteiger charge is 2.41. The van der Waals surface area contributed by atoms with Crippen LogP contribution in [-0.4, -0.2) is 28.8 Å². The predicted octanol–water partition coefficient (Wildman–Crippen LogP) is 3.05. The highest BCUT2D eigenvalue weighted by atomic mass is 127. The van der Waals surface area contributed by atoms with Crippen molar-refractivity contribution in [3.63, 3.8) is 0 Å². The second kappa shape index (κ2) is 8.15. The Hall–Kier alpha value is -1.35. The lowest BCUT2D eigenvalue weighted by Gasteiger charge is -2.12. The maximum Gasteiger partial charge on any atom is 0.191 e. The first-order valence-corrected chi connectivity index (χ1v) is 7.86. The van der Waals surface area contributed by atoms with Gasteiger partial charge in [-0.2, -0.15) is 5.10 Å². The molecule has 2 N–H and O–H groups in total. The zero-order valence-corrected chi connectivity index (χ0v) is 16.5. The molecule has 0 radical (unpaired) electrons. The Balaban J connectivity index is 0.00000208. The Labute approximate surface area is 162 Å². The van der Waals surface area contributed by atoms with Crippen LogP contribution in [0.5, 0.6) is 0 Å². The summed E-state index contributed by atoms with van der Waals surface area (Å²) >= 11 is 6.12. The third-order valence-electron chi connectivity index (χ3n) is 4.07. The van der Waals surface area contributed by atoms with Gasteiger partial charge in [0.25, 0.3) is 0 Å². The number of halogens is 3. The van der Waals surface area contributed by atoms with Gasteiger partial charge in [-0.25, -0.2) is 4.39 Å². The molecule has 1 saturated carbocycles. The molecule has 1 fully saturated rings. The number of rotatable bonds is 4. The molecule has 2 atom stereocenters. The van der Waals surface area contributed by atoms with E-state index in [1.54, 1.807) is 30.1 Å². The number of aliphatic imine (C=N–C) groups is 1. The standard InChI is InChI=1S/C16H19ClFN5.HI/c1-19-16(20-9-10-6-7-21-23(10)2)22-14-8-11(14)15-12(17)4-3-5-13(15)18;/h3-7,11,14H,8-9H2,1-2H3,(H2,19,20,22);1H. The SMILES string of the molecule is CN=C(NCc1ccnn1C)NC1CC1c1c(F)cccc1Cl.I. The lowest BCUT2D eigenvalue weighted by Crippen LogP contribution is -2.39. The highest BCUT2D eigenvalue weighted by Crippen LogP contribution is 2.44. The third-order valence-corrected chi connectivity index (χ3v) is 4.40. The van der Waals surface area contributed by atoms with Gasteiger partial charge < -0.3 is 10.6 Å². The van der Waals surface area contributed by atoms with Gasteiger partial charge in [0.1, 0.15) is 5.82 Å². The van der Waals surface area contributed by atoms with Crippen molar-refractivity contribution in [3.8, 4) is 0 Å². The summed E-state index contributed by atoms with van der Waals surface area (Å²) in [6.07, 6.45) is 2.59. The molecule has 1 aliphatic carbocycles. The Bertz CT molecular complexity index is 713. The van der Waals surface area contributed by atoms with Crippen molar-refractivity contribution < 1.29 is 4.39 Å². The topological polar surface area (TPSA) is 54.2 Å². The van der Waals surface area contributed by atoms with E-state index in [0.29, 0.717) is 23.1 Å². The van der Waals surface area contributed by atoms with Gasteiger partial charge in [-0.15, -0.1) is 24.0 Å². The minimum atomic E-state index is -0.246. The van der Waals surface area contributed by atoms with Crippen LogP contribution < -0.4 is 10.6 Å². The molecule has 8 heteroatoms. The van der Waals surface area contributed by atoms with Crippen molar-refractivity contribution in [2.45, 2.75) is 24.9 Å². The summed E-state index contributed by atoms with van der Waals surface area (Å²) in [6, 6.07) is 6.89. The summed E-state index contributed by atoms with van der Waals surface area (Å²) in [5.41, 5.74) is 1.64. The molecule has 3 rings (SSSR count). The number of hydrogen-bond donors (Lipinski definition) is 2. The fraction of sp³-hybridized carbons (Fsp3) is 0.375. The Kier molecular flexibility index (Phi) is 6.45. The lowest BCUT2D eigenvalue weighted by atomic mass is 10.1. The van der Waals surface area contributed by atoms with Crippen molar-refractivity contribution >= 4 is 41.5 Å². The van der Waals surface area contributed by atoms with Gasteiger partial charge in [-0.3, -0.25) is 9.67 Å². The maximum atomic E-state index is 13.9. The van der Waals surface area contributed by atoms with E-state index in [4.69, 9.17) is 11.6 Å².